The molecule has 1 fully saturated rings. The molecule has 0 saturated carbocycles. The van der Waals surface area contributed by atoms with Crippen LogP contribution < -0.4 is 9.47 Å². The van der Waals surface area contributed by atoms with Gasteiger partial charge in [-0.05, 0) is 96.9 Å². The Morgan fingerprint density at radius 1 is 0.951 bits per heavy atom. The second-order valence-corrected chi connectivity index (χ2v) is 12.5. The summed E-state index contributed by atoms with van der Waals surface area (Å²) in [5.41, 5.74) is 7.81. The average Bonchev–Trinajstić information content (AvgIpc) is 2.99. The van der Waals surface area contributed by atoms with Crippen molar-refractivity contribution in [2.45, 2.75) is 65.0 Å². The molecule has 3 heterocycles. The highest BCUT2D eigenvalue weighted by Gasteiger charge is 2.42. The Bertz CT molecular complexity index is 1370. The topological polar surface area (TPSA) is 59.1 Å². The Balaban J connectivity index is 1.54. The van der Waals surface area contributed by atoms with Crippen molar-refractivity contribution in [3.63, 3.8) is 0 Å². The molecule has 220 valence electrons. The van der Waals surface area contributed by atoms with Gasteiger partial charge in [0, 0.05) is 25.7 Å². The maximum atomic E-state index is 13.7. The zero-order chi connectivity index (χ0) is 29.4. The summed E-state index contributed by atoms with van der Waals surface area (Å²) in [5.74, 6) is 1.79. The first-order chi connectivity index (χ1) is 19.7. The number of allylic oxidation sites excluding steroid dienone is 1. The molecule has 1 amide bonds. The van der Waals surface area contributed by atoms with E-state index >= 15 is 0 Å². The predicted molar refractivity (Wildman–Crippen MR) is 163 cm³/mol. The zero-order valence-electron chi connectivity index (χ0n) is 24.6. The Labute approximate surface area is 253 Å². The first kappa shape index (κ1) is 29.9. The highest BCUT2D eigenvalue weighted by molar-refractivity contribution is 6.52. The molecule has 0 spiro atoms. The number of hydrogen-bond donors (Lipinski definition) is 0. The minimum absolute atomic E-state index is 0.232. The van der Waals surface area contributed by atoms with Crippen molar-refractivity contribution in [2.24, 2.45) is 11.8 Å². The second kappa shape index (κ2) is 12.4. The van der Waals surface area contributed by atoms with Crippen molar-refractivity contribution in [3.8, 4) is 11.5 Å². The summed E-state index contributed by atoms with van der Waals surface area (Å²) in [6, 6.07) is 8.96. The van der Waals surface area contributed by atoms with Crippen molar-refractivity contribution in [1.82, 2.24) is 9.80 Å². The van der Waals surface area contributed by atoms with E-state index in [9.17, 15) is 9.59 Å². The lowest BCUT2D eigenvalue weighted by Crippen LogP contribution is -2.47. The molecule has 3 aliphatic rings. The summed E-state index contributed by atoms with van der Waals surface area (Å²) in [5, 5.41) is -0.498. The largest absolute Gasteiger partial charge is 0.493 e. The number of ether oxygens (including phenoxy) is 2. The minimum atomic E-state index is -0.409. The molecule has 41 heavy (non-hydrogen) atoms. The number of hydrogen-bond acceptors (Lipinski definition) is 5. The van der Waals surface area contributed by atoms with Crippen LogP contribution in [0.25, 0.3) is 0 Å². The van der Waals surface area contributed by atoms with Crippen LogP contribution in [0.5, 0.6) is 11.5 Å². The molecule has 4 unspecified atom stereocenters. The number of benzene rings is 2. The van der Waals surface area contributed by atoms with E-state index in [0.29, 0.717) is 48.6 Å². The average molecular weight is 600 g/mol. The summed E-state index contributed by atoms with van der Waals surface area (Å²) >= 11 is 12.4. The van der Waals surface area contributed by atoms with Gasteiger partial charge in [-0.3, -0.25) is 14.5 Å². The predicted octanol–water partition coefficient (Wildman–Crippen LogP) is 6.67. The first-order valence-electron chi connectivity index (χ1n) is 14.6. The van der Waals surface area contributed by atoms with E-state index in [4.69, 9.17) is 32.7 Å². The number of fused-ring (bicyclic) bond motifs is 4. The number of methoxy groups -OCH3 is 2. The Morgan fingerprint density at radius 2 is 1.61 bits per heavy atom. The lowest BCUT2D eigenvalue weighted by atomic mass is 9.72. The molecule has 0 radical (unpaired) electrons. The van der Waals surface area contributed by atoms with Gasteiger partial charge in [0.25, 0.3) is 5.91 Å². The number of rotatable bonds is 7. The number of nitrogens with zero attached hydrogens (tertiary/aromatic N) is 2. The molecule has 2 aromatic rings. The molecule has 1 saturated heterocycles. The molecule has 8 heteroatoms. The van der Waals surface area contributed by atoms with Gasteiger partial charge in [-0.1, -0.05) is 48.7 Å². The van der Waals surface area contributed by atoms with Gasteiger partial charge < -0.3 is 14.4 Å². The molecule has 5 rings (SSSR count). The third-order valence-electron chi connectivity index (χ3n) is 9.70. The molecule has 3 aliphatic heterocycles. The molecule has 0 bridgehead atoms. The van der Waals surface area contributed by atoms with Crippen molar-refractivity contribution >= 4 is 35.4 Å². The number of aryl methyl sites for hydroxylation is 2. The van der Waals surface area contributed by atoms with E-state index in [1.54, 1.807) is 14.2 Å². The Kier molecular flexibility index (Phi) is 9.03. The quantitative estimate of drug-likeness (QED) is 0.263. The highest BCUT2D eigenvalue weighted by Crippen LogP contribution is 2.48. The third-order valence-corrected chi connectivity index (χ3v) is 10.4. The fourth-order valence-electron chi connectivity index (χ4n) is 7.31. The molecule has 0 aliphatic carbocycles. The van der Waals surface area contributed by atoms with Gasteiger partial charge in [0.2, 0.25) is 0 Å². The van der Waals surface area contributed by atoms with Crippen LogP contribution in [0.15, 0.2) is 34.3 Å². The SMILES string of the molecule is CCC1CN2CCc3cc(C)c(C)cc3C2CC1CC1c2cc(OC)c(OC)cc2CCN1C(=O)/C(Cl)=C(\Cl)C=O. The third kappa shape index (κ3) is 5.63. The summed E-state index contributed by atoms with van der Waals surface area (Å²) in [6.07, 6.45) is 5.07. The van der Waals surface area contributed by atoms with Crippen molar-refractivity contribution < 1.29 is 19.1 Å². The van der Waals surface area contributed by atoms with Crippen LogP contribution >= 0.6 is 23.2 Å². The number of aldehydes is 1. The van der Waals surface area contributed by atoms with Gasteiger partial charge in [-0.25, -0.2) is 0 Å². The van der Waals surface area contributed by atoms with E-state index in [1.807, 2.05) is 17.0 Å². The van der Waals surface area contributed by atoms with Gasteiger partial charge in [-0.15, -0.1) is 0 Å². The lowest BCUT2D eigenvalue weighted by molar-refractivity contribution is -0.130. The number of carbonyl (C=O) groups excluding carboxylic acids is 2. The molecule has 4 atom stereocenters. The smallest absolute Gasteiger partial charge is 0.267 e. The number of piperidine rings is 1. The van der Waals surface area contributed by atoms with Gasteiger partial charge >= 0.3 is 0 Å². The van der Waals surface area contributed by atoms with Crippen LogP contribution in [0.3, 0.4) is 0 Å². The van der Waals surface area contributed by atoms with Crippen LogP contribution in [0.1, 0.15) is 71.7 Å². The summed E-state index contributed by atoms with van der Waals surface area (Å²) in [6.45, 7) is 9.29. The number of carbonyl (C=O) groups is 2. The van der Waals surface area contributed by atoms with Crippen molar-refractivity contribution in [2.75, 3.05) is 33.9 Å². The van der Waals surface area contributed by atoms with Crippen LogP contribution in [0, 0.1) is 25.7 Å². The lowest BCUT2D eigenvalue weighted by Gasteiger charge is -2.49. The van der Waals surface area contributed by atoms with E-state index in [0.717, 1.165) is 49.9 Å². The molecule has 6 nitrogen and oxygen atoms in total. The monoisotopic (exact) mass is 598 g/mol. The number of amides is 1. The van der Waals surface area contributed by atoms with E-state index < -0.39 is 5.91 Å². The van der Waals surface area contributed by atoms with E-state index in [-0.39, 0.29) is 16.1 Å². The maximum absolute atomic E-state index is 13.7. The molecule has 2 aromatic carbocycles. The normalized spacial score (nSPS) is 24.5. The summed E-state index contributed by atoms with van der Waals surface area (Å²) in [7, 11) is 3.26. The van der Waals surface area contributed by atoms with Gasteiger partial charge in [-0.2, -0.15) is 0 Å². The Morgan fingerprint density at radius 3 is 2.29 bits per heavy atom. The van der Waals surface area contributed by atoms with Crippen LogP contribution in [0.2, 0.25) is 0 Å². The summed E-state index contributed by atoms with van der Waals surface area (Å²) < 4.78 is 11.3. The molecular formula is C33H40Cl2N2O4. The highest BCUT2D eigenvalue weighted by atomic mass is 35.5. The fourth-order valence-corrected chi connectivity index (χ4v) is 7.54. The summed E-state index contributed by atoms with van der Waals surface area (Å²) in [4.78, 5) is 29.5. The van der Waals surface area contributed by atoms with Gasteiger partial charge in [0.05, 0.1) is 20.3 Å². The van der Waals surface area contributed by atoms with Crippen LogP contribution in [-0.4, -0.2) is 55.8 Å². The molecule has 0 N–H and O–H groups in total. The minimum Gasteiger partial charge on any atom is -0.493 e. The van der Waals surface area contributed by atoms with E-state index in [1.165, 1.54) is 22.3 Å². The van der Waals surface area contributed by atoms with Gasteiger partial charge in [0.15, 0.2) is 17.8 Å². The maximum Gasteiger partial charge on any atom is 0.267 e. The first-order valence-corrected chi connectivity index (χ1v) is 15.4. The zero-order valence-corrected chi connectivity index (χ0v) is 26.1. The van der Waals surface area contributed by atoms with Crippen LogP contribution in [-0.2, 0) is 22.4 Å². The van der Waals surface area contributed by atoms with Crippen molar-refractivity contribution in [3.05, 3.63) is 67.7 Å². The molecule has 0 aromatic heterocycles. The second-order valence-electron chi connectivity index (χ2n) is 11.7. The fraction of sp³-hybridized carbons (Fsp3) is 0.515. The Hall–Kier alpha value is -2.54. The van der Waals surface area contributed by atoms with Crippen molar-refractivity contribution in [1.29, 1.82) is 0 Å². The standard InChI is InChI=1S/C33H40Cl2N2O4/c1-6-21-17-36-9-7-22-11-19(2)20(3)12-25(22)28(36)13-24(21)14-29-26-16-31(41-5)30(40-4)15-23(26)8-10-37(29)33(39)32(35)27(34)18-38/h11-12,15-16,18,21,24,28-29H,6-10,13-14,17H2,1-5H3/b32-27+. The van der Waals surface area contributed by atoms with Crippen LogP contribution in [0.4, 0.5) is 0 Å². The van der Waals surface area contributed by atoms with E-state index in [2.05, 4.69) is 37.8 Å². The molecular weight excluding hydrogens is 559 g/mol. The van der Waals surface area contributed by atoms with Gasteiger partial charge in [0.1, 0.15) is 10.1 Å². The number of halogens is 2.